The quantitative estimate of drug-likeness (QED) is 0.734. The summed E-state index contributed by atoms with van der Waals surface area (Å²) in [5.41, 5.74) is 0.730. The summed E-state index contributed by atoms with van der Waals surface area (Å²) in [5, 5.41) is 5.32. The van der Waals surface area contributed by atoms with Crippen LogP contribution in [0.3, 0.4) is 0 Å². The number of nitrogens with one attached hydrogen (secondary N) is 1. The normalized spacial score (nSPS) is 15.2. The monoisotopic (exact) mass is 370 g/mol. The first-order chi connectivity index (χ1) is 12.8. The molecule has 1 fully saturated rings. The number of carbonyl (C=O) groups is 1. The molecular formula is C17H18N6O2S. The molecule has 1 aliphatic heterocycles. The predicted molar refractivity (Wildman–Crippen MR) is 99.1 cm³/mol. The minimum absolute atomic E-state index is 0.0571. The minimum Gasteiger partial charge on any atom is -0.463 e. The number of anilines is 2. The first kappa shape index (κ1) is 16.7. The molecule has 134 valence electrons. The van der Waals surface area contributed by atoms with Gasteiger partial charge < -0.3 is 14.6 Å². The van der Waals surface area contributed by atoms with Gasteiger partial charge >= 0.3 is 0 Å². The number of aromatic nitrogens is 3. The summed E-state index contributed by atoms with van der Waals surface area (Å²) in [4.78, 5) is 29.4. The topological polar surface area (TPSA) is 87.4 Å². The number of thiazole rings is 1. The van der Waals surface area contributed by atoms with E-state index in [9.17, 15) is 4.79 Å². The molecule has 0 spiro atoms. The minimum atomic E-state index is -0.0571. The van der Waals surface area contributed by atoms with Crippen LogP contribution in [0.25, 0.3) is 11.5 Å². The van der Waals surface area contributed by atoms with Gasteiger partial charge in [-0.05, 0) is 12.1 Å². The maximum atomic E-state index is 12.3. The summed E-state index contributed by atoms with van der Waals surface area (Å²) >= 11 is 1.39. The van der Waals surface area contributed by atoms with Crippen LogP contribution in [0.5, 0.6) is 0 Å². The van der Waals surface area contributed by atoms with Crippen LogP contribution in [-0.2, 0) is 4.79 Å². The number of piperazine rings is 1. The van der Waals surface area contributed by atoms with Crippen molar-refractivity contribution in [1.29, 1.82) is 0 Å². The van der Waals surface area contributed by atoms with Crippen LogP contribution < -0.4 is 10.2 Å². The molecule has 1 N–H and O–H groups in total. The zero-order valence-corrected chi connectivity index (χ0v) is 14.9. The standard InChI is InChI=1S/C17H18N6O2S/c24-16(21-17-20-13(12-26-17)14-2-1-9-25-14)11-22-5-7-23(8-6-22)15-10-18-3-4-19-15/h1-4,9-10,12H,5-8,11H2,(H,20,21,24). The first-order valence-electron chi connectivity index (χ1n) is 8.30. The number of rotatable bonds is 5. The van der Waals surface area contributed by atoms with Gasteiger partial charge in [-0.1, -0.05) is 0 Å². The van der Waals surface area contributed by atoms with Crippen molar-refractivity contribution >= 4 is 28.2 Å². The van der Waals surface area contributed by atoms with Crippen molar-refractivity contribution in [2.24, 2.45) is 0 Å². The fourth-order valence-corrected chi connectivity index (χ4v) is 3.54. The van der Waals surface area contributed by atoms with Crippen LogP contribution in [0.2, 0.25) is 0 Å². The van der Waals surface area contributed by atoms with Crippen LogP contribution in [-0.4, -0.2) is 58.5 Å². The van der Waals surface area contributed by atoms with Gasteiger partial charge in [-0.2, -0.15) is 0 Å². The fourth-order valence-electron chi connectivity index (χ4n) is 2.82. The van der Waals surface area contributed by atoms with Crippen LogP contribution in [0.4, 0.5) is 10.9 Å². The summed E-state index contributed by atoms with van der Waals surface area (Å²) in [5.74, 6) is 1.52. The van der Waals surface area contributed by atoms with Gasteiger partial charge in [-0.25, -0.2) is 9.97 Å². The Morgan fingerprint density at radius 2 is 2.15 bits per heavy atom. The van der Waals surface area contributed by atoms with Crippen LogP contribution >= 0.6 is 11.3 Å². The molecule has 4 rings (SSSR count). The van der Waals surface area contributed by atoms with E-state index in [1.165, 1.54) is 11.3 Å². The lowest BCUT2D eigenvalue weighted by Gasteiger charge is -2.34. The molecule has 3 aromatic rings. The Hall–Kier alpha value is -2.78. The van der Waals surface area contributed by atoms with E-state index >= 15 is 0 Å². The molecule has 0 aromatic carbocycles. The summed E-state index contributed by atoms with van der Waals surface area (Å²) in [6.45, 7) is 3.61. The number of carbonyl (C=O) groups excluding carboxylic acids is 1. The highest BCUT2D eigenvalue weighted by Gasteiger charge is 2.20. The maximum absolute atomic E-state index is 12.3. The highest BCUT2D eigenvalue weighted by Crippen LogP contribution is 2.25. The summed E-state index contributed by atoms with van der Waals surface area (Å²) in [7, 11) is 0. The van der Waals surface area contributed by atoms with Gasteiger partial charge in [0.2, 0.25) is 5.91 Å². The summed E-state index contributed by atoms with van der Waals surface area (Å²) in [6.07, 6.45) is 6.73. The van der Waals surface area contributed by atoms with Crippen molar-refractivity contribution in [3.8, 4) is 11.5 Å². The van der Waals surface area contributed by atoms with Gasteiger partial charge in [0.1, 0.15) is 11.5 Å². The SMILES string of the molecule is O=C(CN1CCN(c2cnccn2)CC1)Nc1nc(-c2ccco2)cs1. The van der Waals surface area contributed by atoms with Gasteiger partial charge in [0.15, 0.2) is 10.9 Å². The van der Waals surface area contributed by atoms with Gasteiger partial charge in [0, 0.05) is 44.0 Å². The number of hydrogen-bond acceptors (Lipinski definition) is 8. The third kappa shape index (κ3) is 3.89. The Morgan fingerprint density at radius 3 is 2.88 bits per heavy atom. The average Bonchev–Trinajstić information content (AvgIpc) is 3.35. The second kappa shape index (κ2) is 7.63. The molecule has 0 saturated carbocycles. The molecule has 3 aromatic heterocycles. The third-order valence-corrected chi connectivity index (χ3v) is 4.89. The molecule has 4 heterocycles. The molecule has 0 aliphatic carbocycles. The van der Waals surface area contributed by atoms with Crippen LogP contribution in [0, 0.1) is 0 Å². The van der Waals surface area contributed by atoms with Crippen molar-refractivity contribution in [2.45, 2.75) is 0 Å². The van der Waals surface area contributed by atoms with E-state index in [0.717, 1.165) is 37.7 Å². The summed E-state index contributed by atoms with van der Waals surface area (Å²) in [6, 6.07) is 3.66. The lowest BCUT2D eigenvalue weighted by atomic mass is 10.3. The number of hydrogen-bond donors (Lipinski definition) is 1. The van der Waals surface area contributed by atoms with Gasteiger partial charge in [0.05, 0.1) is 19.0 Å². The largest absolute Gasteiger partial charge is 0.463 e. The Morgan fingerprint density at radius 1 is 1.27 bits per heavy atom. The summed E-state index contributed by atoms with van der Waals surface area (Å²) < 4.78 is 5.31. The molecule has 0 bridgehead atoms. The second-order valence-corrected chi connectivity index (χ2v) is 6.75. The maximum Gasteiger partial charge on any atom is 0.240 e. The van der Waals surface area contributed by atoms with Gasteiger partial charge in [-0.3, -0.25) is 14.7 Å². The fraction of sp³-hybridized carbons (Fsp3) is 0.294. The van der Waals surface area contributed by atoms with Crippen molar-refractivity contribution in [3.05, 3.63) is 42.4 Å². The highest BCUT2D eigenvalue weighted by atomic mass is 32.1. The Bertz CT molecular complexity index is 843. The number of furan rings is 1. The zero-order valence-electron chi connectivity index (χ0n) is 14.0. The van der Waals surface area contributed by atoms with E-state index < -0.39 is 0 Å². The first-order valence-corrected chi connectivity index (χ1v) is 9.18. The number of nitrogens with zero attached hydrogens (tertiary/aromatic N) is 5. The molecule has 9 heteroatoms. The molecule has 1 aliphatic rings. The van der Waals surface area contributed by atoms with E-state index in [1.54, 1.807) is 24.9 Å². The van der Waals surface area contributed by atoms with E-state index in [0.29, 0.717) is 17.4 Å². The third-order valence-electron chi connectivity index (χ3n) is 4.14. The van der Waals surface area contributed by atoms with E-state index in [1.807, 2.05) is 17.5 Å². The van der Waals surface area contributed by atoms with Gasteiger partial charge in [-0.15, -0.1) is 11.3 Å². The predicted octanol–water partition coefficient (Wildman–Crippen LogP) is 1.95. The Kier molecular flexibility index (Phi) is 4.89. The molecular weight excluding hydrogens is 352 g/mol. The van der Waals surface area contributed by atoms with Crippen molar-refractivity contribution in [1.82, 2.24) is 19.9 Å². The molecule has 26 heavy (non-hydrogen) atoms. The molecule has 0 atom stereocenters. The average molecular weight is 370 g/mol. The van der Waals surface area contributed by atoms with E-state index in [-0.39, 0.29) is 5.91 Å². The smallest absolute Gasteiger partial charge is 0.240 e. The van der Waals surface area contributed by atoms with Crippen molar-refractivity contribution in [3.63, 3.8) is 0 Å². The lowest BCUT2D eigenvalue weighted by Crippen LogP contribution is -2.48. The van der Waals surface area contributed by atoms with Crippen LogP contribution in [0.1, 0.15) is 0 Å². The molecule has 1 saturated heterocycles. The highest BCUT2D eigenvalue weighted by molar-refractivity contribution is 7.14. The number of amides is 1. The lowest BCUT2D eigenvalue weighted by molar-refractivity contribution is -0.117. The van der Waals surface area contributed by atoms with E-state index in [2.05, 4.69) is 30.1 Å². The van der Waals surface area contributed by atoms with Crippen molar-refractivity contribution in [2.75, 3.05) is 42.9 Å². The van der Waals surface area contributed by atoms with Crippen LogP contribution in [0.15, 0.2) is 46.8 Å². The molecule has 0 unspecified atom stereocenters. The van der Waals surface area contributed by atoms with E-state index in [4.69, 9.17) is 4.42 Å². The van der Waals surface area contributed by atoms with Gasteiger partial charge in [0.25, 0.3) is 0 Å². The second-order valence-electron chi connectivity index (χ2n) is 5.89. The van der Waals surface area contributed by atoms with Crippen molar-refractivity contribution < 1.29 is 9.21 Å². The molecule has 0 radical (unpaired) electrons. The molecule has 1 amide bonds. The Balaban J connectivity index is 1.27. The molecule has 8 nitrogen and oxygen atoms in total. The zero-order chi connectivity index (χ0) is 17.8. The Labute approximate surface area is 154 Å².